The van der Waals surface area contributed by atoms with Gasteiger partial charge in [-0.25, -0.2) is 13.1 Å². The molecule has 226 valence electrons. The summed E-state index contributed by atoms with van der Waals surface area (Å²) in [6, 6.07) is 10.6. The molecule has 2 aromatic rings. The number of aryl methyl sites for hydroxylation is 1. The molecule has 8 nitrogen and oxygen atoms in total. The molecule has 0 aromatic heterocycles. The normalized spacial score (nSPS) is 32.9. The van der Waals surface area contributed by atoms with E-state index < -0.39 is 34.5 Å². The van der Waals surface area contributed by atoms with Gasteiger partial charge < -0.3 is 14.7 Å². The van der Waals surface area contributed by atoms with Crippen molar-refractivity contribution in [3.63, 3.8) is 0 Å². The van der Waals surface area contributed by atoms with E-state index in [1.54, 1.807) is 24.3 Å². The van der Waals surface area contributed by atoms with Gasteiger partial charge in [0.1, 0.15) is 5.75 Å². The van der Waals surface area contributed by atoms with Crippen molar-refractivity contribution in [3.05, 3.63) is 64.7 Å². The molecule has 0 saturated heterocycles. The SMILES string of the molecule is [2H]C([2H])([2H])N1C/C=C/[C@H](O)[C@@H]2CC[C@H]2CN2C[C@@]3(CCCc4cc(Cl)ccc43)COc3ccc(cc32)S(=O)(=O)NC(=O)C1(C)C. The van der Waals surface area contributed by atoms with Crippen LogP contribution in [0.2, 0.25) is 5.02 Å². The summed E-state index contributed by atoms with van der Waals surface area (Å²) in [7, 11) is -4.38. The number of rotatable bonds is 0. The van der Waals surface area contributed by atoms with Gasteiger partial charge in [-0.1, -0.05) is 29.8 Å². The second kappa shape index (κ2) is 10.8. The Labute approximate surface area is 257 Å². The lowest BCUT2D eigenvalue weighted by molar-refractivity contribution is -0.128. The summed E-state index contributed by atoms with van der Waals surface area (Å²) in [6.45, 7) is 1.43. The Balaban J connectivity index is 1.44. The van der Waals surface area contributed by atoms with Crippen LogP contribution in [0.5, 0.6) is 5.75 Å². The molecule has 2 aliphatic carbocycles. The average molecular weight is 617 g/mol. The van der Waals surface area contributed by atoms with Gasteiger partial charge in [0.2, 0.25) is 0 Å². The highest BCUT2D eigenvalue weighted by Crippen LogP contribution is 2.47. The molecule has 1 fully saturated rings. The Bertz CT molecular complexity index is 1630. The topological polar surface area (TPSA) is 99.2 Å². The number of carbonyl (C=O) groups excluding carboxylic acids is 1. The maximum atomic E-state index is 13.7. The first-order valence-electron chi connectivity index (χ1n) is 16.1. The Hall–Kier alpha value is -2.59. The first-order valence-corrected chi connectivity index (χ1v) is 16.5. The molecular weight excluding hydrogens is 574 g/mol. The Morgan fingerprint density at radius 2 is 2.02 bits per heavy atom. The number of aliphatic hydroxyl groups is 1. The number of nitrogens with one attached hydrogen (secondary N) is 1. The fourth-order valence-electron chi connectivity index (χ4n) is 6.92. The maximum absolute atomic E-state index is 13.7. The number of halogens is 1. The molecule has 2 N–H and O–H groups in total. The number of ether oxygens (including phenoxy) is 1. The van der Waals surface area contributed by atoms with Gasteiger partial charge in [-0.2, -0.15) is 0 Å². The van der Waals surface area contributed by atoms with Gasteiger partial charge in [-0.3, -0.25) is 9.69 Å². The van der Waals surface area contributed by atoms with Gasteiger partial charge in [-0.15, -0.1) is 0 Å². The number of hydrogen-bond donors (Lipinski definition) is 2. The van der Waals surface area contributed by atoms with Crippen molar-refractivity contribution in [2.45, 2.75) is 67.9 Å². The van der Waals surface area contributed by atoms with Crippen molar-refractivity contribution in [1.82, 2.24) is 9.62 Å². The lowest BCUT2D eigenvalue weighted by Crippen LogP contribution is -2.54. The van der Waals surface area contributed by atoms with Gasteiger partial charge in [0, 0.05) is 34.2 Å². The summed E-state index contributed by atoms with van der Waals surface area (Å²) in [5.74, 6) is -0.369. The Morgan fingerprint density at radius 3 is 2.79 bits per heavy atom. The van der Waals surface area contributed by atoms with E-state index in [0.717, 1.165) is 37.0 Å². The zero-order valence-corrected chi connectivity index (χ0v) is 25.5. The van der Waals surface area contributed by atoms with Crippen LogP contribution < -0.4 is 14.4 Å². The van der Waals surface area contributed by atoms with E-state index in [1.165, 1.54) is 31.0 Å². The van der Waals surface area contributed by atoms with Crippen molar-refractivity contribution in [3.8, 4) is 5.75 Å². The van der Waals surface area contributed by atoms with Crippen molar-refractivity contribution in [1.29, 1.82) is 0 Å². The summed E-state index contributed by atoms with van der Waals surface area (Å²) >= 11 is 6.37. The smallest absolute Gasteiger partial charge is 0.264 e. The lowest BCUT2D eigenvalue weighted by atomic mass is 9.68. The van der Waals surface area contributed by atoms with E-state index in [0.29, 0.717) is 36.2 Å². The second-order valence-electron chi connectivity index (χ2n) is 12.8. The molecule has 42 heavy (non-hydrogen) atoms. The molecule has 4 atom stereocenters. The number of amides is 1. The third-order valence-corrected chi connectivity index (χ3v) is 11.3. The molecule has 1 spiro atoms. The fraction of sp³-hybridized carbons (Fsp3) is 0.531. The van der Waals surface area contributed by atoms with E-state index in [9.17, 15) is 18.3 Å². The number of fused-ring (bicyclic) bond motifs is 4. The highest BCUT2D eigenvalue weighted by Gasteiger charge is 2.44. The molecule has 6 rings (SSSR count). The van der Waals surface area contributed by atoms with Crippen LogP contribution in [0.1, 0.15) is 54.8 Å². The van der Waals surface area contributed by atoms with Crippen LogP contribution in [0.4, 0.5) is 5.69 Å². The van der Waals surface area contributed by atoms with Gasteiger partial charge in [0.25, 0.3) is 15.9 Å². The minimum atomic E-state index is -4.38. The predicted molar refractivity (Wildman–Crippen MR) is 164 cm³/mol. The van der Waals surface area contributed by atoms with Crippen LogP contribution in [0.25, 0.3) is 0 Å². The van der Waals surface area contributed by atoms with E-state index in [-0.39, 0.29) is 28.7 Å². The van der Waals surface area contributed by atoms with Crippen LogP contribution >= 0.6 is 11.6 Å². The third-order valence-electron chi connectivity index (χ3n) is 9.77. The minimum Gasteiger partial charge on any atom is -0.490 e. The number of carbonyl (C=O) groups is 1. The fourth-order valence-corrected chi connectivity index (χ4v) is 8.24. The first kappa shape index (κ1) is 25.9. The van der Waals surface area contributed by atoms with E-state index >= 15 is 0 Å². The summed E-state index contributed by atoms with van der Waals surface area (Å²) in [5.41, 5.74) is 0.904. The predicted octanol–water partition coefficient (Wildman–Crippen LogP) is 4.29. The molecule has 4 aliphatic rings. The highest BCUT2D eigenvalue weighted by molar-refractivity contribution is 7.90. The molecule has 2 bridgehead atoms. The number of likely N-dealkylation sites (N-methyl/N-ethyl adjacent to an activating group) is 1. The number of hydrogen-bond acceptors (Lipinski definition) is 7. The molecule has 1 saturated carbocycles. The third kappa shape index (κ3) is 5.23. The molecule has 0 radical (unpaired) electrons. The van der Waals surface area contributed by atoms with Gasteiger partial charge in [-0.05, 0) is 106 Å². The number of sulfonamides is 1. The number of aliphatic hydroxyl groups excluding tert-OH is 1. The van der Waals surface area contributed by atoms with Crippen molar-refractivity contribution in [2.75, 3.05) is 38.1 Å². The zero-order valence-electron chi connectivity index (χ0n) is 27.0. The van der Waals surface area contributed by atoms with Crippen LogP contribution in [0, 0.1) is 11.8 Å². The van der Waals surface area contributed by atoms with Crippen LogP contribution in [-0.4, -0.2) is 69.2 Å². The van der Waals surface area contributed by atoms with E-state index in [2.05, 4.69) is 15.7 Å². The van der Waals surface area contributed by atoms with Crippen molar-refractivity contribution < 1.29 is 27.2 Å². The molecule has 2 aromatic carbocycles. The molecule has 2 aliphatic heterocycles. The number of benzene rings is 2. The van der Waals surface area contributed by atoms with Crippen molar-refractivity contribution in [2.24, 2.45) is 11.8 Å². The monoisotopic (exact) mass is 616 g/mol. The van der Waals surface area contributed by atoms with Crippen molar-refractivity contribution >= 4 is 33.2 Å². The summed E-state index contributed by atoms with van der Waals surface area (Å²) in [4.78, 5) is 16.5. The van der Waals surface area contributed by atoms with Gasteiger partial charge in [0.05, 0.1) is 28.8 Å². The number of nitrogens with zero attached hydrogens (tertiary/aromatic N) is 2. The Morgan fingerprint density at radius 1 is 1.19 bits per heavy atom. The van der Waals surface area contributed by atoms with Crippen LogP contribution in [0.15, 0.2) is 53.4 Å². The van der Waals surface area contributed by atoms with Crippen LogP contribution in [0.3, 0.4) is 0 Å². The van der Waals surface area contributed by atoms with E-state index in [4.69, 9.17) is 20.5 Å². The van der Waals surface area contributed by atoms with Crippen LogP contribution in [-0.2, 0) is 26.7 Å². The Kier molecular flexibility index (Phi) is 6.68. The molecular formula is C32H40ClN3O5S. The minimum absolute atomic E-state index is 0.0559. The molecule has 2 heterocycles. The summed E-state index contributed by atoms with van der Waals surface area (Å²) in [6.07, 6.45) is 6.84. The van der Waals surface area contributed by atoms with Gasteiger partial charge >= 0.3 is 0 Å². The number of anilines is 1. The molecule has 1 amide bonds. The maximum Gasteiger partial charge on any atom is 0.264 e. The molecule has 10 heteroatoms. The highest BCUT2D eigenvalue weighted by atomic mass is 35.5. The first-order chi connectivity index (χ1) is 21.1. The quantitative estimate of drug-likeness (QED) is 0.426. The standard InChI is InChI=1S/C32H40ClN3O5S/c1-31(2)30(38)34-42(39,40)24-10-13-29-27(17-24)36(18-22-8-11-25(22)28(37)7-5-15-35(31)3)19-32(20-41-29)14-4-6-21-16-23(33)9-12-26(21)32/h5,7,9-10,12-13,16-17,22,25,28,37H,4,6,8,11,14-15,18-20H2,1-3H3,(H,34,38)/b7-5+/t22-,25+,28-,32-/m0/s1/i3D3. The zero-order chi connectivity index (χ0) is 32.4. The van der Waals surface area contributed by atoms with Gasteiger partial charge in [0.15, 0.2) is 0 Å². The molecule has 0 unspecified atom stereocenters. The average Bonchev–Trinajstić information content (AvgIpc) is 3.09. The van der Waals surface area contributed by atoms with E-state index in [1.807, 2.05) is 12.1 Å². The lowest BCUT2D eigenvalue weighted by Gasteiger charge is -2.45. The summed E-state index contributed by atoms with van der Waals surface area (Å²) in [5, 5.41) is 11.9. The largest absolute Gasteiger partial charge is 0.490 e. The second-order valence-corrected chi connectivity index (χ2v) is 14.9. The summed E-state index contributed by atoms with van der Waals surface area (Å²) < 4.78 is 60.1.